The Hall–Kier alpha value is -3.88. The highest BCUT2D eigenvalue weighted by Gasteiger charge is 2.46. The molecule has 11 nitrogen and oxygen atoms in total. The van der Waals surface area contributed by atoms with Gasteiger partial charge in [-0.1, -0.05) is 11.2 Å². The van der Waals surface area contributed by atoms with E-state index in [1.807, 2.05) is 0 Å². The van der Waals surface area contributed by atoms with E-state index in [0.29, 0.717) is 24.2 Å². The fourth-order valence-electron chi connectivity index (χ4n) is 4.90. The molecule has 2 aliphatic rings. The SMILES string of the molecule is CS(=O)(=O)CC(=O)Nc1c2c(nn1Cc1ccon1)C[C@]1(CCc3cc(OCC(F)(F)F)ccc31)NC2=O. The molecule has 2 amide bonds. The standard InChI is InChI=1S/C23H22F3N5O6S/c1-38(34,35)11-18(32)27-20-19-17(29-31(20)10-14-5-7-37-30-14)9-22(28-21(19)33)6-4-13-8-15(2-3-16(13)22)36-12-23(24,25)26/h2-3,5,7-8H,4,6,9-12H2,1H3,(H,27,32)(H,28,33)/t22-/m0/s1. The first-order valence-corrected chi connectivity index (χ1v) is 13.5. The topological polar surface area (TPSA) is 145 Å². The second-order valence-electron chi connectivity index (χ2n) is 9.37. The lowest BCUT2D eigenvalue weighted by Crippen LogP contribution is -2.49. The van der Waals surface area contributed by atoms with Gasteiger partial charge in [0.1, 0.15) is 34.8 Å². The average molecular weight is 554 g/mol. The molecule has 0 saturated heterocycles. The molecule has 202 valence electrons. The summed E-state index contributed by atoms with van der Waals surface area (Å²) in [5.74, 6) is -2.04. The maximum absolute atomic E-state index is 13.4. The zero-order chi connectivity index (χ0) is 27.3. The van der Waals surface area contributed by atoms with E-state index in [0.717, 1.165) is 17.4 Å². The number of benzene rings is 1. The van der Waals surface area contributed by atoms with Crippen molar-refractivity contribution in [2.45, 2.75) is 37.5 Å². The van der Waals surface area contributed by atoms with Crippen molar-refractivity contribution in [3.05, 3.63) is 58.6 Å². The Morgan fingerprint density at radius 3 is 2.79 bits per heavy atom. The number of fused-ring (bicyclic) bond motifs is 3. The van der Waals surface area contributed by atoms with Gasteiger partial charge < -0.3 is 19.9 Å². The summed E-state index contributed by atoms with van der Waals surface area (Å²) in [7, 11) is -3.63. The number of nitrogens with one attached hydrogen (secondary N) is 2. The largest absolute Gasteiger partial charge is 0.484 e. The van der Waals surface area contributed by atoms with Gasteiger partial charge in [0.2, 0.25) is 5.91 Å². The molecule has 2 aromatic heterocycles. The Morgan fingerprint density at radius 2 is 2.11 bits per heavy atom. The number of rotatable bonds is 7. The van der Waals surface area contributed by atoms with Crippen molar-refractivity contribution in [2.24, 2.45) is 0 Å². The monoisotopic (exact) mass is 553 g/mol. The Kier molecular flexibility index (Phi) is 6.20. The summed E-state index contributed by atoms with van der Waals surface area (Å²) in [4.78, 5) is 25.9. The number of aryl methyl sites for hydroxylation is 1. The fourth-order valence-corrected chi connectivity index (χ4v) is 5.45. The van der Waals surface area contributed by atoms with Crippen LogP contribution in [0.15, 0.2) is 35.1 Å². The zero-order valence-corrected chi connectivity index (χ0v) is 20.8. The van der Waals surface area contributed by atoms with Crippen LogP contribution in [0.1, 0.15) is 39.3 Å². The molecule has 1 aliphatic carbocycles. The quantitative estimate of drug-likeness (QED) is 0.452. The first-order chi connectivity index (χ1) is 17.8. The van der Waals surface area contributed by atoms with Gasteiger partial charge in [-0.15, -0.1) is 0 Å². The fraction of sp³-hybridized carbons (Fsp3) is 0.391. The molecule has 0 saturated carbocycles. The van der Waals surface area contributed by atoms with Gasteiger partial charge in [-0.3, -0.25) is 9.59 Å². The smallest absolute Gasteiger partial charge is 0.422 e. The number of sulfone groups is 1. The summed E-state index contributed by atoms with van der Waals surface area (Å²) >= 11 is 0. The van der Waals surface area contributed by atoms with Crippen LogP contribution in [0.3, 0.4) is 0 Å². The molecule has 5 rings (SSSR count). The van der Waals surface area contributed by atoms with Crippen LogP contribution in [0, 0.1) is 0 Å². The molecule has 3 heterocycles. The third kappa shape index (κ3) is 5.23. The van der Waals surface area contributed by atoms with Crippen LogP contribution < -0.4 is 15.4 Å². The van der Waals surface area contributed by atoms with Gasteiger partial charge in [-0.25, -0.2) is 13.1 Å². The normalized spacial score (nSPS) is 18.7. The van der Waals surface area contributed by atoms with Gasteiger partial charge in [0.05, 0.1) is 17.8 Å². The number of hydrogen-bond acceptors (Lipinski definition) is 8. The summed E-state index contributed by atoms with van der Waals surface area (Å²) in [5.41, 5.74) is 1.55. The van der Waals surface area contributed by atoms with Crippen molar-refractivity contribution in [2.75, 3.05) is 23.9 Å². The molecule has 0 unspecified atom stereocenters. The van der Waals surface area contributed by atoms with E-state index in [1.54, 1.807) is 12.1 Å². The van der Waals surface area contributed by atoms with Gasteiger partial charge in [-0.2, -0.15) is 18.3 Å². The molecule has 38 heavy (non-hydrogen) atoms. The predicted molar refractivity (Wildman–Crippen MR) is 125 cm³/mol. The van der Waals surface area contributed by atoms with Crippen LogP contribution in [-0.4, -0.2) is 60.0 Å². The number of nitrogens with zero attached hydrogens (tertiary/aromatic N) is 3. The van der Waals surface area contributed by atoms with E-state index in [2.05, 4.69) is 20.9 Å². The third-order valence-corrected chi connectivity index (χ3v) is 7.13. The lowest BCUT2D eigenvalue weighted by molar-refractivity contribution is -0.153. The molecule has 1 spiro atoms. The number of carbonyl (C=O) groups excluding carboxylic acids is 2. The third-order valence-electron chi connectivity index (χ3n) is 6.34. The zero-order valence-electron chi connectivity index (χ0n) is 20.0. The van der Waals surface area contributed by atoms with Crippen LogP contribution >= 0.6 is 0 Å². The van der Waals surface area contributed by atoms with Crippen LogP contribution in [0.25, 0.3) is 0 Å². The summed E-state index contributed by atoms with van der Waals surface area (Å²) < 4.78 is 72.0. The average Bonchev–Trinajstić information content (AvgIpc) is 3.51. The van der Waals surface area contributed by atoms with Crippen LogP contribution in [0.4, 0.5) is 19.0 Å². The number of anilines is 1. The minimum absolute atomic E-state index is 0.0260. The molecule has 15 heteroatoms. The van der Waals surface area contributed by atoms with E-state index >= 15 is 0 Å². The highest BCUT2D eigenvalue weighted by Crippen LogP contribution is 2.44. The summed E-state index contributed by atoms with van der Waals surface area (Å²) in [5, 5.41) is 13.9. The molecular weight excluding hydrogens is 531 g/mol. The summed E-state index contributed by atoms with van der Waals surface area (Å²) in [6.45, 7) is -1.37. The van der Waals surface area contributed by atoms with Gasteiger partial charge in [-0.05, 0) is 36.1 Å². The Balaban J connectivity index is 1.47. The van der Waals surface area contributed by atoms with Crippen molar-refractivity contribution in [3.8, 4) is 5.75 Å². The number of amides is 2. The van der Waals surface area contributed by atoms with Gasteiger partial charge in [0.15, 0.2) is 16.4 Å². The Bertz CT molecular complexity index is 1520. The van der Waals surface area contributed by atoms with E-state index in [1.165, 1.54) is 23.1 Å². The minimum atomic E-state index is -4.47. The maximum Gasteiger partial charge on any atom is 0.422 e. The van der Waals surface area contributed by atoms with Crippen molar-refractivity contribution < 1.29 is 40.4 Å². The number of hydrogen-bond donors (Lipinski definition) is 2. The second-order valence-corrected chi connectivity index (χ2v) is 11.5. The van der Waals surface area contributed by atoms with Crippen LogP contribution in [0.5, 0.6) is 5.75 Å². The minimum Gasteiger partial charge on any atom is -0.484 e. The lowest BCUT2D eigenvalue weighted by Gasteiger charge is -2.35. The Labute approximate surface area is 214 Å². The van der Waals surface area contributed by atoms with Crippen LogP contribution in [0.2, 0.25) is 0 Å². The molecule has 1 atom stereocenters. The number of carbonyl (C=O) groups is 2. The number of aromatic nitrogens is 3. The first kappa shape index (κ1) is 25.8. The summed E-state index contributed by atoms with van der Waals surface area (Å²) in [6.07, 6.45) is -0.988. The number of halogens is 3. The molecule has 0 radical (unpaired) electrons. The maximum atomic E-state index is 13.4. The second kappa shape index (κ2) is 9.15. The molecular formula is C23H22F3N5O6S. The van der Waals surface area contributed by atoms with Crippen molar-refractivity contribution in [1.29, 1.82) is 0 Å². The molecule has 0 bridgehead atoms. The van der Waals surface area contributed by atoms with Gasteiger partial charge in [0.25, 0.3) is 5.91 Å². The molecule has 1 aliphatic heterocycles. The van der Waals surface area contributed by atoms with Gasteiger partial charge in [0, 0.05) is 18.7 Å². The number of ether oxygens (including phenoxy) is 1. The number of alkyl halides is 3. The summed E-state index contributed by atoms with van der Waals surface area (Å²) in [6, 6.07) is 6.19. The van der Waals surface area contributed by atoms with Gasteiger partial charge >= 0.3 is 6.18 Å². The van der Waals surface area contributed by atoms with E-state index in [9.17, 15) is 31.2 Å². The molecule has 3 aromatic rings. The van der Waals surface area contributed by atoms with Crippen molar-refractivity contribution in [1.82, 2.24) is 20.3 Å². The lowest BCUT2D eigenvalue weighted by atomic mass is 9.82. The van der Waals surface area contributed by atoms with E-state index < -0.39 is 45.7 Å². The predicted octanol–water partition coefficient (Wildman–Crippen LogP) is 1.97. The van der Waals surface area contributed by atoms with Crippen LogP contribution in [-0.2, 0) is 39.6 Å². The Morgan fingerprint density at radius 1 is 1.32 bits per heavy atom. The highest BCUT2D eigenvalue weighted by atomic mass is 32.2. The highest BCUT2D eigenvalue weighted by molar-refractivity contribution is 7.91. The van der Waals surface area contributed by atoms with E-state index in [4.69, 9.17) is 9.26 Å². The van der Waals surface area contributed by atoms with Crippen molar-refractivity contribution >= 4 is 27.5 Å². The molecule has 1 aromatic carbocycles. The van der Waals surface area contributed by atoms with E-state index in [-0.39, 0.29) is 30.1 Å². The molecule has 0 fully saturated rings. The first-order valence-electron chi connectivity index (χ1n) is 11.4. The van der Waals surface area contributed by atoms with Crippen molar-refractivity contribution in [3.63, 3.8) is 0 Å². The molecule has 2 N–H and O–H groups in total.